The van der Waals surface area contributed by atoms with E-state index in [1.54, 1.807) is 0 Å². The van der Waals surface area contributed by atoms with Crippen molar-refractivity contribution in [3.63, 3.8) is 0 Å². The highest BCUT2D eigenvalue weighted by Gasteiger charge is 2.15. The Kier molecular flexibility index (Phi) is 3.08. The number of rotatable bonds is 2. The standard InChI is InChI=1S/C13H6F2N6/c14-9-4-5-11(17-7-9)13-18-20-21(19-13)12-8(6-16)2-1-3-10(12)15/h1-5,7H. The maximum absolute atomic E-state index is 13.8. The summed E-state index contributed by atoms with van der Waals surface area (Å²) in [7, 11) is 0. The van der Waals surface area contributed by atoms with Crippen LogP contribution < -0.4 is 0 Å². The van der Waals surface area contributed by atoms with Crippen molar-refractivity contribution in [2.75, 3.05) is 0 Å². The van der Waals surface area contributed by atoms with Crippen LogP contribution in [0.2, 0.25) is 0 Å². The molecular weight excluding hydrogens is 278 g/mol. The molecule has 0 unspecified atom stereocenters. The van der Waals surface area contributed by atoms with E-state index in [2.05, 4.69) is 20.4 Å². The summed E-state index contributed by atoms with van der Waals surface area (Å²) in [6.07, 6.45) is 1.01. The van der Waals surface area contributed by atoms with Gasteiger partial charge in [0, 0.05) is 0 Å². The molecular formula is C13H6F2N6. The smallest absolute Gasteiger partial charge is 0.223 e. The average Bonchev–Trinajstić information content (AvgIpc) is 2.97. The largest absolute Gasteiger partial charge is 0.250 e. The summed E-state index contributed by atoms with van der Waals surface area (Å²) >= 11 is 0. The lowest BCUT2D eigenvalue weighted by molar-refractivity contribution is 0.590. The van der Waals surface area contributed by atoms with Crippen molar-refractivity contribution in [2.24, 2.45) is 0 Å². The van der Waals surface area contributed by atoms with Crippen molar-refractivity contribution in [3.8, 4) is 23.3 Å². The molecule has 3 rings (SSSR count). The molecule has 0 aliphatic rings. The van der Waals surface area contributed by atoms with Crippen LogP contribution in [0.25, 0.3) is 17.2 Å². The lowest BCUT2D eigenvalue weighted by atomic mass is 10.2. The Morgan fingerprint density at radius 1 is 1.14 bits per heavy atom. The lowest BCUT2D eigenvalue weighted by Crippen LogP contribution is -2.05. The van der Waals surface area contributed by atoms with Gasteiger partial charge in [-0.05, 0) is 29.5 Å². The van der Waals surface area contributed by atoms with Crippen LogP contribution in [0.3, 0.4) is 0 Å². The molecule has 3 aromatic rings. The van der Waals surface area contributed by atoms with Crippen molar-refractivity contribution < 1.29 is 8.78 Å². The zero-order valence-corrected chi connectivity index (χ0v) is 10.4. The lowest BCUT2D eigenvalue weighted by Gasteiger charge is -2.02. The second-order valence-corrected chi connectivity index (χ2v) is 4.01. The molecule has 0 atom stereocenters. The molecule has 0 radical (unpaired) electrons. The van der Waals surface area contributed by atoms with Gasteiger partial charge in [-0.2, -0.15) is 5.26 Å². The highest BCUT2D eigenvalue weighted by Crippen LogP contribution is 2.18. The van der Waals surface area contributed by atoms with Gasteiger partial charge >= 0.3 is 0 Å². The van der Waals surface area contributed by atoms with E-state index in [1.807, 2.05) is 6.07 Å². The number of benzene rings is 1. The molecule has 0 N–H and O–H groups in total. The van der Waals surface area contributed by atoms with Crippen molar-refractivity contribution in [1.82, 2.24) is 25.2 Å². The van der Waals surface area contributed by atoms with Crippen LogP contribution in [0.1, 0.15) is 5.56 Å². The highest BCUT2D eigenvalue weighted by atomic mass is 19.1. The quantitative estimate of drug-likeness (QED) is 0.717. The Labute approximate surface area is 117 Å². The summed E-state index contributed by atoms with van der Waals surface area (Å²) in [5, 5.41) is 20.4. The van der Waals surface area contributed by atoms with Crippen molar-refractivity contribution >= 4 is 0 Å². The molecule has 0 bridgehead atoms. The maximum atomic E-state index is 13.8. The number of pyridine rings is 1. The molecule has 2 aromatic heterocycles. The second-order valence-electron chi connectivity index (χ2n) is 4.01. The first-order chi connectivity index (χ1) is 10.2. The molecule has 0 spiro atoms. The van der Waals surface area contributed by atoms with Crippen molar-refractivity contribution in [3.05, 3.63) is 53.7 Å². The second kappa shape index (κ2) is 5.05. The number of nitriles is 1. The number of halogens is 2. The van der Waals surface area contributed by atoms with E-state index in [0.717, 1.165) is 11.0 Å². The first-order valence-corrected chi connectivity index (χ1v) is 5.80. The molecule has 21 heavy (non-hydrogen) atoms. The van der Waals surface area contributed by atoms with E-state index in [-0.39, 0.29) is 22.8 Å². The number of hydrogen-bond donors (Lipinski definition) is 0. The van der Waals surface area contributed by atoms with Crippen LogP contribution in [-0.4, -0.2) is 25.2 Å². The third-order valence-corrected chi connectivity index (χ3v) is 2.68. The van der Waals surface area contributed by atoms with Gasteiger partial charge in [-0.15, -0.1) is 15.0 Å². The summed E-state index contributed by atoms with van der Waals surface area (Å²) in [5.41, 5.74) is 0.268. The van der Waals surface area contributed by atoms with Gasteiger partial charge in [-0.3, -0.25) is 0 Å². The average molecular weight is 284 g/mol. The topological polar surface area (TPSA) is 80.3 Å². The van der Waals surface area contributed by atoms with Gasteiger partial charge in [0.1, 0.15) is 23.3 Å². The van der Waals surface area contributed by atoms with Gasteiger partial charge in [0.25, 0.3) is 0 Å². The summed E-state index contributed by atoms with van der Waals surface area (Å²) in [6.45, 7) is 0. The normalized spacial score (nSPS) is 10.3. The Morgan fingerprint density at radius 3 is 2.71 bits per heavy atom. The van der Waals surface area contributed by atoms with E-state index in [9.17, 15) is 8.78 Å². The van der Waals surface area contributed by atoms with Crippen LogP contribution in [0.4, 0.5) is 8.78 Å². The van der Waals surface area contributed by atoms with Crippen LogP contribution in [0, 0.1) is 23.0 Å². The van der Waals surface area contributed by atoms with E-state index in [1.165, 1.54) is 30.3 Å². The minimum absolute atomic E-state index is 0.0750. The number of aromatic nitrogens is 5. The molecule has 8 heteroatoms. The monoisotopic (exact) mass is 284 g/mol. The molecule has 0 saturated heterocycles. The van der Waals surface area contributed by atoms with E-state index in [4.69, 9.17) is 5.26 Å². The van der Waals surface area contributed by atoms with Gasteiger partial charge in [-0.25, -0.2) is 13.8 Å². The first-order valence-electron chi connectivity index (χ1n) is 5.80. The first kappa shape index (κ1) is 12.8. The molecule has 0 saturated carbocycles. The molecule has 0 aliphatic heterocycles. The Balaban J connectivity index is 2.07. The SMILES string of the molecule is N#Cc1cccc(F)c1-n1nnc(-c2ccc(F)cn2)n1. The van der Waals surface area contributed by atoms with Crippen LogP contribution in [-0.2, 0) is 0 Å². The fraction of sp³-hybridized carbons (Fsp3) is 0. The fourth-order valence-electron chi connectivity index (χ4n) is 1.73. The van der Waals surface area contributed by atoms with Gasteiger partial charge in [0.05, 0.1) is 11.8 Å². The summed E-state index contributed by atoms with van der Waals surface area (Å²) in [4.78, 5) is 4.72. The molecule has 102 valence electrons. The molecule has 0 amide bonds. The number of para-hydroxylation sites is 1. The molecule has 0 aliphatic carbocycles. The maximum Gasteiger partial charge on any atom is 0.223 e. The zero-order chi connectivity index (χ0) is 14.8. The van der Waals surface area contributed by atoms with E-state index < -0.39 is 11.6 Å². The fourth-order valence-corrected chi connectivity index (χ4v) is 1.73. The number of nitrogens with zero attached hydrogens (tertiary/aromatic N) is 6. The third kappa shape index (κ3) is 2.32. The minimum Gasteiger partial charge on any atom is -0.250 e. The molecule has 1 aromatic carbocycles. The Bertz CT molecular complexity index is 835. The van der Waals surface area contributed by atoms with Crippen molar-refractivity contribution in [1.29, 1.82) is 5.26 Å². The minimum atomic E-state index is -0.648. The highest BCUT2D eigenvalue weighted by molar-refractivity contribution is 5.50. The third-order valence-electron chi connectivity index (χ3n) is 2.68. The van der Waals surface area contributed by atoms with Gasteiger partial charge in [0.15, 0.2) is 5.82 Å². The van der Waals surface area contributed by atoms with Gasteiger partial charge in [0.2, 0.25) is 5.82 Å². The summed E-state index contributed by atoms with van der Waals surface area (Å²) in [5.74, 6) is -1.04. The molecule has 2 heterocycles. The van der Waals surface area contributed by atoms with Gasteiger partial charge in [-0.1, -0.05) is 6.07 Å². The Morgan fingerprint density at radius 2 is 2.00 bits per heavy atom. The predicted molar refractivity (Wildman–Crippen MR) is 67.0 cm³/mol. The predicted octanol–water partition coefficient (Wildman–Crippen LogP) is 1.87. The van der Waals surface area contributed by atoms with E-state index >= 15 is 0 Å². The Hall–Kier alpha value is -3.21. The molecule has 0 fully saturated rings. The number of tetrazole rings is 1. The molecule has 6 nitrogen and oxygen atoms in total. The van der Waals surface area contributed by atoms with Crippen molar-refractivity contribution in [2.45, 2.75) is 0 Å². The summed E-state index contributed by atoms with van der Waals surface area (Å²) in [6, 6.07) is 8.48. The van der Waals surface area contributed by atoms with Crippen LogP contribution in [0.5, 0.6) is 0 Å². The van der Waals surface area contributed by atoms with Crippen LogP contribution in [0.15, 0.2) is 36.5 Å². The van der Waals surface area contributed by atoms with Crippen LogP contribution >= 0.6 is 0 Å². The summed E-state index contributed by atoms with van der Waals surface area (Å²) < 4.78 is 26.7. The van der Waals surface area contributed by atoms with Gasteiger partial charge < -0.3 is 0 Å². The van der Waals surface area contributed by atoms with E-state index in [0.29, 0.717) is 0 Å². The number of hydrogen-bond acceptors (Lipinski definition) is 5. The zero-order valence-electron chi connectivity index (χ0n) is 10.4.